The van der Waals surface area contributed by atoms with Gasteiger partial charge in [0.25, 0.3) is 0 Å². The molecule has 0 fully saturated rings. The van der Waals surface area contributed by atoms with Crippen molar-refractivity contribution in [1.29, 1.82) is 0 Å². The van der Waals surface area contributed by atoms with Crippen molar-refractivity contribution in [3.8, 4) is 12.0 Å². The Hall–Kier alpha value is -1.30. The summed E-state index contributed by atoms with van der Waals surface area (Å²) in [6, 6.07) is 0.384. The van der Waals surface area contributed by atoms with Crippen LogP contribution in [0.1, 0.15) is 20.8 Å². The Balaban J connectivity index is 2.98. The van der Waals surface area contributed by atoms with E-state index in [4.69, 9.17) is 21.1 Å². The van der Waals surface area contributed by atoms with Crippen molar-refractivity contribution in [1.82, 2.24) is 15.0 Å². The summed E-state index contributed by atoms with van der Waals surface area (Å²) in [4.78, 5) is 12.1. The van der Waals surface area contributed by atoms with E-state index in [2.05, 4.69) is 20.3 Å². The minimum atomic E-state index is -0.362. The van der Waals surface area contributed by atoms with Gasteiger partial charge in [-0.3, -0.25) is 0 Å². The standard InChI is InChI=1S/C10H17ClN4O2/c1-6(11)10(2,3)15-7-12-8(16-4)14-9(13-7)17-5/h6H,1-5H3,(H,12,13,14,15). The van der Waals surface area contributed by atoms with E-state index >= 15 is 0 Å². The molecule has 0 saturated heterocycles. The van der Waals surface area contributed by atoms with Gasteiger partial charge in [-0.1, -0.05) is 0 Å². The van der Waals surface area contributed by atoms with Crippen LogP contribution in [0.5, 0.6) is 12.0 Å². The summed E-state index contributed by atoms with van der Waals surface area (Å²) < 4.78 is 9.91. The van der Waals surface area contributed by atoms with Crippen molar-refractivity contribution in [2.75, 3.05) is 19.5 Å². The molecule has 0 amide bonds. The molecule has 1 rings (SSSR count). The molecule has 6 nitrogen and oxygen atoms in total. The van der Waals surface area contributed by atoms with E-state index in [1.54, 1.807) is 0 Å². The molecule has 7 heteroatoms. The van der Waals surface area contributed by atoms with E-state index in [-0.39, 0.29) is 22.9 Å². The topological polar surface area (TPSA) is 69.2 Å². The third kappa shape index (κ3) is 3.59. The number of hydrogen-bond acceptors (Lipinski definition) is 6. The maximum absolute atomic E-state index is 6.07. The van der Waals surface area contributed by atoms with Crippen molar-refractivity contribution in [3.05, 3.63) is 0 Å². The summed E-state index contributed by atoms with van der Waals surface area (Å²) in [5.41, 5.74) is -0.362. The van der Waals surface area contributed by atoms with Crippen LogP contribution in [0, 0.1) is 0 Å². The minimum Gasteiger partial charge on any atom is -0.467 e. The van der Waals surface area contributed by atoms with Gasteiger partial charge in [-0.15, -0.1) is 16.6 Å². The van der Waals surface area contributed by atoms with E-state index in [0.717, 1.165) is 0 Å². The number of methoxy groups -OCH3 is 2. The summed E-state index contributed by atoms with van der Waals surface area (Å²) in [5, 5.41) is 3.01. The molecule has 96 valence electrons. The lowest BCUT2D eigenvalue weighted by Crippen LogP contribution is -2.39. The smallest absolute Gasteiger partial charge is 0.324 e. The highest BCUT2D eigenvalue weighted by Gasteiger charge is 2.25. The van der Waals surface area contributed by atoms with E-state index < -0.39 is 0 Å². The molecule has 0 aliphatic rings. The van der Waals surface area contributed by atoms with Gasteiger partial charge in [0.1, 0.15) is 0 Å². The van der Waals surface area contributed by atoms with Crippen LogP contribution in [-0.2, 0) is 0 Å². The van der Waals surface area contributed by atoms with Crippen LogP contribution in [0.3, 0.4) is 0 Å². The molecule has 1 unspecified atom stereocenters. The van der Waals surface area contributed by atoms with Crippen LogP contribution < -0.4 is 14.8 Å². The van der Waals surface area contributed by atoms with Gasteiger partial charge in [-0.25, -0.2) is 0 Å². The van der Waals surface area contributed by atoms with Crippen molar-refractivity contribution in [3.63, 3.8) is 0 Å². The normalized spacial score (nSPS) is 13.1. The van der Waals surface area contributed by atoms with Gasteiger partial charge in [0.15, 0.2) is 0 Å². The predicted octanol–water partition coefficient (Wildman–Crippen LogP) is 1.71. The minimum absolute atomic E-state index is 0.101. The summed E-state index contributed by atoms with van der Waals surface area (Å²) in [5.74, 6) is 0.367. The van der Waals surface area contributed by atoms with Crippen LogP contribution >= 0.6 is 11.6 Å². The molecule has 1 heterocycles. The molecule has 0 aliphatic carbocycles. The quantitative estimate of drug-likeness (QED) is 0.813. The first-order chi connectivity index (χ1) is 7.89. The Morgan fingerprint density at radius 1 is 1.12 bits per heavy atom. The van der Waals surface area contributed by atoms with E-state index in [1.165, 1.54) is 14.2 Å². The largest absolute Gasteiger partial charge is 0.467 e. The molecule has 1 aromatic rings. The van der Waals surface area contributed by atoms with Crippen molar-refractivity contribution in [2.24, 2.45) is 0 Å². The van der Waals surface area contributed by atoms with Crippen LogP contribution in [-0.4, -0.2) is 40.1 Å². The van der Waals surface area contributed by atoms with Crippen LogP contribution in [0.2, 0.25) is 0 Å². The maximum Gasteiger partial charge on any atom is 0.324 e. The Bertz CT molecular complexity index is 362. The second-order valence-electron chi connectivity index (χ2n) is 4.10. The van der Waals surface area contributed by atoms with Crippen LogP contribution in [0.4, 0.5) is 5.95 Å². The summed E-state index contributed by atoms with van der Waals surface area (Å²) in [7, 11) is 2.96. The lowest BCUT2D eigenvalue weighted by atomic mass is 10.0. The number of alkyl halides is 1. The van der Waals surface area contributed by atoms with Gasteiger partial charge >= 0.3 is 12.0 Å². The second kappa shape index (κ2) is 5.35. The van der Waals surface area contributed by atoms with Crippen molar-refractivity contribution < 1.29 is 9.47 Å². The number of nitrogens with zero attached hydrogens (tertiary/aromatic N) is 3. The number of halogens is 1. The monoisotopic (exact) mass is 260 g/mol. The molecule has 17 heavy (non-hydrogen) atoms. The van der Waals surface area contributed by atoms with E-state index in [0.29, 0.717) is 5.95 Å². The fraction of sp³-hybridized carbons (Fsp3) is 0.700. The van der Waals surface area contributed by atoms with Gasteiger partial charge in [0.2, 0.25) is 5.95 Å². The second-order valence-corrected chi connectivity index (χ2v) is 4.75. The highest BCUT2D eigenvalue weighted by atomic mass is 35.5. The summed E-state index contributed by atoms with van der Waals surface area (Å²) in [6.07, 6.45) is 0. The number of aromatic nitrogens is 3. The zero-order valence-corrected chi connectivity index (χ0v) is 11.4. The molecule has 0 aromatic carbocycles. The molecule has 0 saturated carbocycles. The van der Waals surface area contributed by atoms with Crippen molar-refractivity contribution in [2.45, 2.75) is 31.7 Å². The summed E-state index contributed by atoms with van der Waals surface area (Å²) in [6.45, 7) is 5.80. The third-order valence-corrected chi connectivity index (χ3v) is 2.93. The van der Waals surface area contributed by atoms with Gasteiger partial charge in [-0.05, 0) is 20.8 Å². The first-order valence-corrected chi connectivity index (χ1v) is 5.59. The van der Waals surface area contributed by atoms with E-state index in [1.807, 2.05) is 20.8 Å². The van der Waals surface area contributed by atoms with Gasteiger partial charge < -0.3 is 14.8 Å². The molecule has 0 spiro atoms. The molecule has 0 radical (unpaired) electrons. The fourth-order valence-electron chi connectivity index (χ4n) is 0.964. The third-order valence-electron chi connectivity index (χ3n) is 2.39. The zero-order chi connectivity index (χ0) is 13.1. The predicted molar refractivity (Wildman–Crippen MR) is 65.9 cm³/mol. The molecule has 0 bridgehead atoms. The van der Waals surface area contributed by atoms with Crippen LogP contribution in [0.25, 0.3) is 0 Å². The van der Waals surface area contributed by atoms with Crippen LogP contribution in [0.15, 0.2) is 0 Å². The van der Waals surface area contributed by atoms with E-state index in [9.17, 15) is 0 Å². The SMILES string of the molecule is COc1nc(NC(C)(C)C(C)Cl)nc(OC)n1. The first-order valence-electron chi connectivity index (χ1n) is 5.15. The fourth-order valence-corrected chi connectivity index (χ4v) is 1.02. The summed E-state index contributed by atoms with van der Waals surface area (Å²) >= 11 is 6.07. The molecule has 0 aliphatic heterocycles. The number of ether oxygens (including phenoxy) is 2. The molecule has 1 aromatic heterocycles. The molecular formula is C10H17ClN4O2. The number of anilines is 1. The highest BCUT2D eigenvalue weighted by Crippen LogP contribution is 2.21. The molecule has 1 atom stereocenters. The average Bonchev–Trinajstić information content (AvgIpc) is 2.27. The van der Waals surface area contributed by atoms with Crippen molar-refractivity contribution >= 4 is 17.5 Å². The number of hydrogen-bond donors (Lipinski definition) is 1. The lowest BCUT2D eigenvalue weighted by Gasteiger charge is -2.28. The maximum atomic E-state index is 6.07. The lowest BCUT2D eigenvalue weighted by molar-refractivity contribution is 0.340. The molecule has 1 N–H and O–H groups in total. The molecular weight excluding hydrogens is 244 g/mol. The average molecular weight is 261 g/mol. The zero-order valence-electron chi connectivity index (χ0n) is 10.6. The van der Waals surface area contributed by atoms with Gasteiger partial charge in [0, 0.05) is 0 Å². The number of nitrogens with one attached hydrogen (secondary N) is 1. The highest BCUT2D eigenvalue weighted by molar-refractivity contribution is 6.21. The van der Waals surface area contributed by atoms with Gasteiger partial charge in [0.05, 0.1) is 25.1 Å². The Kier molecular flexibility index (Phi) is 4.34. The first kappa shape index (κ1) is 13.8. The van der Waals surface area contributed by atoms with Gasteiger partial charge in [-0.2, -0.15) is 9.97 Å². The Morgan fingerprint density at radius 2 is 1.59 bits per heavy atom. The Morgan fingerprint density at radius 3 is 1.94 bits per heavy atom. The Labute approximate surface area is 106 Å². The number of rotatable bonds is 5.